The Labute approximate surface area is 113 Å². The largest absolute Gasteiger partial charge is 0.507 e. The molecule has 0 aliphatic carbocycles. The molecule has 0 spiro atoms. The topological polar surface area (TPSA) is 88.2 Å². The number of carbonyl (C=O) groups is 1. The van der Waals surface area contributed by atoms with Crippen molar-refractivity contribution in [1.29, 1.82) is 0 Å². The molecule has 7 heteroatoms. The van der Waals surface area contributed by atoms with Crippen LogP contribution >= 0.6 is 0 Å². The molecule has 0 fully saturated rings. The Balaban J connectivity index is 2.04. The second-order valence-corrected chi connectivity index (χ2v) is 4.79. The number of hydrogen-bond acceptors (Lipinski definition) is 4. The van der Waals surface area contributed by atoms with Crippen LogP contribution in [0, 0.1) is 11.7 Å². The minimum atomic E-state index is -0.862. The number of aromatic hydroxyl groups is 1. The van der Waals surface area contributed by atoms with Crippen molar-refractivity contribution in [2.75, 3.05) is 0 Å². The Morgan fingerprint density at radius 3 is 2.90 bits per heavy atom. The van der Waals surface area contributed by atoms with E-state index in [-0.39, 0.29) is 12.3 Å². The number of hydrogen-bond donors (Lipinski definition) is 2. The number of aliphatic carboxylic acids is 1. The van der Waals surface area contributed by atoms with Gasteiger partial charge in [0.15, 0.2) is 5.82 Å². The van der Waals surface area contributed by atoms with E-state index in [0.29, 0.717) is 30.1 Å². The van der Waals surface area contributed by atoms with Crippen LogP contribution in [-0.4, -0.2) is 30.9 Å². The molecule has 6 nitrogen and oxygen atoms in total. The number of nitrogens with zero attached hydrogens (tertiary/aromatic N) is 3. The number of carboxylic acid groups (broad SMARTS) is 1. The highest BCUT2D eigenvalue weighted by Crippen LogP contribution is 2.31. The van der Waals surface area contributed by atoms with Gasteiger partial charge in [-0.05, 0) is 18.6 Å². The fraction of sp³-hybridized carbons (Fsp3) is 0.308. The van der Waals surface area contributed by atoms with Gasteiger partial charge in [-0.2, -0.15) is 0 Å². The first kappa shape index (κ1) is 12.6. The van der Waals surface area contributed by atoms with Crippen molar-refractivity contribution >= 4 is 5.97 Å². The number of carboxylic acids is 1. The lowest BCUT2D eigenvalue weighted by Crippen LogP contribution is -2.27. The van der Waals surface area contributed by atoms with Gasteiger partial charge in [-0.3, -0.25) is 4.79 Å². The van der Waals surface area contributed by atoms with Crippen molar-refractivity contribution in [3.05, 3.63) is 29.8 Å². The van der Waals surface area contributed by atoms with Crippen molar-refractivity contribution in [3.8, 4) is 17.1 Å². The van der Waals surface area contributed by atoms with E-state index in [1.54, 1.807) is 4.57 Å². The molecule has 1 aromatic heterocycles. The Morgan fingerprint density at radius 1 is 1.40 bits per heavy atom. The van der Waals surface area contributed by atoms with Crippen LogP contribution < -0.4 is 0 Å². The molecule has 1 unspecified atom stereocenters. The third-order valence-electron chi connectivity index (χ3n) is 3.50. The van der Waals surface area contributed by atoms with Crippen molar-refractivity contribution in [2.24, 2.45) is 5.92 Å². The van der Waals surface area contributed by atoms with Crippen LogP contribution in [0.4, 0.5) is 4.39 Å². The molecule has 1 aliphatic rings. The Hall–Kier alpha value is -2.44. The summed E-state index contributed by atoms with van der Waals surface area (Å²) in [5.41, 5.74) is 0.344. The van der Waals surface area contributed by atoms with Crippen molar-refractivity contribution in [3.63, 3.8) is 0 Å². The van der Waals surface area contributed by atoms with Gasteiger partial charge in [0.25, 0.3) is 0 Å². The first-order chi connectivity index (χ1) is 9.56. The van der Waals surface area contributed by atoms with E-state index in [9.17, 15) is 14.3 Å². The predicted octanol–water partition coefficient (Wildman–Crippen LogP) is 1.44. The highest BCUT2D eigenvalue weighted by Gasteiger charge is 2.28. The number of fused-ring (bicyclic) bond motifs is 1. The van der Waals surface area contributed by atoms with Crippen molar-refractivity contribution < 1.29 is 19.4 Å². The van der Waals surface area contributed by atoms with Crippen LogP contribution in [0.25, 0.3) is 11.4 Å². The van der Waals surface area contributed by atoms with E-state index in [1.807, 2.05) is 0 Å². The SMILES string of the molecule is O=C(O)C1CCc2nnc(-c3ccc(F)cc3O)n2C1. The molecule has 2 heterocycles. The molecule has 2 N–H and O–H groups in total. The summed E-state index contributed by atoms with van der Waals surface area (Å²) in [6.07, 6.45) is 1.04. The Bertz CT molecular complexity index is 683. The van der Waals surface area contributed by atoms with Gasteiger partial charge in [-0.25, -0.2) is 4.39 Å². The molecule has 104 valence electrons. The first-order valence-corrected chi connectivity index (χ1v) is 6.20. The highest BCUT2D eigenvalue weighted by molar-refractivity contribution is 5.70. The molecule has 1 atom stereocenters. The summed E-state index contributed by atoms with van der Waals surface area (Å²) in [6, 6.07) is 3.62. The van der Waals surface area contributed by atoms with E-state index in [0.717, 1.165) is 6.07 Å². The van der Waals surface area contributed by atoms with Gasteiger partial charge in [0.05, 0.1) is 11.5 Å². The molecule has 0 bridgehead atoms. The van der Waals surface area contributed by atoms with Crippen LogP contribution in [0.15, 0.2) is 18.2 Å². The van der Waals surface area contributed by atoms with Gasteiger partial charge in [0.1, 0.15) is 17.4 Å². The van der Waals surface area contributed by atoms with E-state index < -0.39 is 17.7 Å². The summed E-state index contributed by atoms with van der Waals surface area (Å²) in [5.74, 6) is -1.10. The number of rotatable bonds is 2. The van der Waals surface area contributed by atoms with E-state index in [2.05, 4.69) is 10.2 Å². The number of aromatic nitrogens is 3. The minimum Gasteiger partial charge on any atom is -0.507 e. The zero-order chi connectivity index (χ0) is 14.3. The minimum absolute atomic E-state index is 0.238. The van der Waals surface area contributed by atoms with Crippen LogP contribution in [0.1, 0.15) is 12.2 Å². The average Bonchev–Trinajstić information content (AvgIpc) is 2.81. The standard InChI is InChI=1S/C13H12FN3O3/c14-8-2-3-9(10(18)5-8)12-16-15-11-4-1-7(13(19)20)6-17(11)12/h2-3,5,7,18H,1,4,6H2,(H,19,20). The van der Waals surface area contributed by atoms with Crippen molar-refractivity contribution in [1.82, 2.24) is 14.8 Å². The second-order valence-electron chi connectivity index (χ2n) is 4.79. The summed E-state index contributed by atoms with van der Waals surface area (Å²) in [5, 5.41) is 26.9. The lowest BCUT2D eigenvalue weighted by Gasteiger charge is -2.21. The summed E-state index contributed by atoms with van der Waals surface area (Å²) in [7, 11) is 0. The van der Waals surface area contributed by atoms with Crippen LogP contribution in [-0.2, 0) is 17.8 Å². The lowest BCUT2D eigenvalue weighted by molar-refractivity contribution is -0.142. The van der Waals surface area contributed by atoms with Gasteiger partial charge >= 0.3 is 5.97 Å². The smallest absolute Gasteiger partial charge is 0.308 e. The first-order valence-electron chi connectivity index (χ1n) is 6.20. The zero-order valence-electron chi connectivity index (χ0n) is 10.5. The summed E-state index contributed by atoms with van der Waals surface area (Å²) in [6.45, 7) is 0.254. The normalized spacial score (nSPS) is 17.8. The summed E-state index contributed by atoms with van der Waals surface area (Å²) >= 11 is 0. The van der Waals surface area contributed by atoms with Crippen molar-refractivity contribution in [2.45, 2.75) is 19.4 Å². The van der Waals surface area contributed by atoms with Gasteiger partial charge in [0.2, 0.25) is 0 Å². The summed E-state index contributed by atoms with van der Waals surface area (Å²) < 4.78 is 14.7. The molecule has 2 aromatic rings. The molecule has 0 saturated carbocycles. The van der Waals surface area contributed by atoms with Gasteiger partial charge in [0, 0.05) is 19.0 Å². The molecule has 20 heavy (non-hydrogen) atoms. The van der Waals surface area contributed by atoms with Gasteiger partial charge in [-0.1, -0.05) is 0 Å². The average molecular weight is 277 g/mol. The predicted molar refractivity (Wildman–Crippen MR) is 66.5 cm³/mol. The Morgan fingerprint density at radius 2 is 2.20 bits per heavy atom. The lowest BCUT2D eigenvalue weighted by atomic mass is 9.99. The highest BCUT2D eigenvalue weighted by atomic mass is 19.1. The fourth-order valence-corrected chi connectivity index (χ4v) is 2.42. The number of benzene rings is 1. The monoisotopic (exact) mass is 277 g/mol. The molecule has 1 aromatic carbocycles. The van der Waals surface area contributed by atoms with E-state index in [1.165, 1.54) is 12.1 Å². The Kier molecular flexibility index (Phi) is 2.89. The van der Waals surface area contributed by atoms with Crippen LogP contribution in [0.2, 0.25) is 0 Å². The fourth-order valence-electron chi connectivity index (χ4n) is 2.42. The number of phenols is 1. The van der Waals surface area contributed by atoms with Gasteiger partial charge in [-0.15, -0.1) is 10.2 Å². The molecule has 3 rings (SSSR count). The zero-order valence-corrected chi connectivity index (χ0v) is 10.5. The third-order valence-corrected chi connectivity index (χ3v) is 3.50. The molecule has 0 saturated heterocycles. The number of halogens is 1. The number of phenolic OH excluding ortho intramolecular Hbond substituents is 1. The third kappa shape index (κ3) is 2.01. The van der Waals surface area contributed by atoms with Crippen LogP contribution in [0.5, 0.6) is 5.75 Å². The molecule has 1 aliphatic heterocycles. The molecular formula is C13H12FN3O3. The number of aryl methyl sites for hydroxylation is 1. The maximum absolute atomic E-state index is 13.0. The maximum atomic E-state index is 13.0. The van der Waals surface area contributed by atoms with Gasteiger partial charge < -0.3 is 14.8 Å². The molecule has 0 radical (unpaired) electrons. The van der Waals surface area contributed by atoms with E-state index >= 15 is 0 Å². The molecule has 0 amide bonds. The van der Waals surface area contributed by atoms with Crippen LogP contribution in [0.3, 0.4) is 0 Å². The quantitative estimate of drug-likeness (QED) is 0.867. The maximum Gasteiger partial charge on any atom is 0.308 e. The summed E-state index contributed by atoms with van der Waals surface area (Å²) in [4.78, 5) is 11.1. The molecular weight excluding hydrogens is 265 g/mol. The second kappa shape index (κ2) is 4.59. The van der Waals surface area contributed by atoms with E-state index in [4.69, 9.17) is 5.11 Å².